The Balaban J connectivity index is 3.21. The molecule has 0 aliphatic carbocycles. The maximum atomic E-state index is 12.7. The molecule has 1 rings (SSSR count). The van der Waals surface area contributed by atoms with Gasteiger partial charge in [-0.05, 0) is 23.8 Å². The molecule has 0 saturated carbocycles. The maximum absolute atomic E-state index is 12.7. The molecule has 0 nitrogen and oxygen atoms in total. The molecule has 0 aliphatic heterocycles. The smallest absolute Gasteiger partial charge is 0.207 e. The van der Waals surface area contributed by atoms with Gasteiger partial charge in [0.25, 0.3) is 0 Å². The second-order valence-electron chi connectivity index (χ2n) is 2.81. The van der Waals surface area contributed by atoms with Crippen LogP contribution in [0.2, 0.25) is 0 Å². The molecule has 15 heavy (non-hydrogen) atoms. The van der Waals surface area contributed by atoms with Crippen LogP contribution in [-0.2, 0) is 6.18 Å². The lowest BCUT2D eigenvalue weighted by Gasteiger charge is -2.09. The molecular weight excluding hydrogens is 228 g/mol. The highest BCUT2D eigenvalue weighted by Crippen LogP contribution is 2.32. The lowest BCUT2D eigenvalue weighted by atomic mass is 10.1. The molecule has 0 amide bonds. The first-order chi connectivity index (χ1) is 6.95. The van der Waals surface area contributed by atoms with Gasteiger partial charge in [0.2, 0.25) is 0 Å². The van der Waals surface area contributed by atoms with E-state index in [-0.39, 0.29) is 5.56 Å². The largest absolute Gasteiger partial charge is 0.416 e. The van der Waals surface area contributed by atoms with Crippen molar-refractivity contribution in [1.29, 1.82) is 0 Å². The van der Waals surface area contributed by atoms with E-state index in [0.717, 1.165) is 18.2 Å². The van der Waals surface area contributed by atoms with Crippen LogP contribution in [0.25, 0.3) is 6.08 Å². The predicted octanol–water partition coefficient (Wildman–Crippen LogP) is 3.79. The van der Waals surface area contributed by atoms with E-state index in [4.69, 9.17) is 0 Å². The Morgan fingerprint density at radius 1 is 1.27 bits per heavy atom. The molecule has 0 aliphatic rings. The predicted molar refractivity (Wildman–Crippen MR) is 54.3 cm³/mol. The van der Waals surface area contributed by atoms with Crippen molar-refractivity contribution in [3.63, 3.8) is 0 Å². The van der Waals surface area contributed by atoms with Gasteiger partial charge >= 0.3 is 6.18 Å². The topological polar surface area (TPSA) is 0 Å². The van der Waals surface area contributed by atoms with E-state index in [1.54, 1.807) is 0 Å². The van der Waals surface area contributed by atoms with Crippen molar-refractivity contribution < 1.29 is 17.6 Å². The lowest BCUT2D eigenvalue weighted by molar-refractivity contribution is -0.137. The average molecular weight is 236 g/mol. The van der Waals surface area contributed by atoms with Gasteiger partial charge < -0.3 is 0 Å². The molecule has 0 bridgehead atoms. The molecular formula is C10H8F4S. The van der Waals surface area contributed by atoms with Gasteiger partial charge in [0.15, 0.2) is 0 Å². The lowest BCUT2D eigenvalue weighted by Crippen LogP contribution is -2.07. The van der Waals surface area contributed by atoms with Crippen LogP contribution in [0.3, 0.4) is 0 Å². The fraction of sp³-hybridized carbons (Fsp3) is 0.200. The number of halogens is 4. The molecule has 0 atom stereocenters. The van der Waals surface area contributed by atoms with Gasteiger partial charge in [-0.1, -0.05) is 12.2 Å². The Morgan fingerprint density at radius 2 is 1.93 bits per heavy atom. The standard InChI is InChI=1S/C10H8F4S/c11-8-3-4-9(10(12,13)14)7(6-8)2-1-5-15/h1-4,6,15H,5H2. The zero-order chi connectivity index (χ0) is 11.5. The van der Waals surface area contributed by atoms with Crippen LogP contribution in [0.1, 0.15) is 11.1 Å². The first-order valence-electron chi connectivity index (χ1n) is 4.09. The summed E-state index contributed by atoms with van der Waals surface area (Å²) in [6.45, 7) is 0. The normalized spacial score (nSPS) is 12.3. The Hall–Kier alpha value is -0.970. The molecule has 1 aromatic rings. The second-order valence-corrected chi connectivity index (χ2v) is 3.18. The first-order valence-corrected chi connectivity index (χ1v) is 4.72. The average Bonchev–Trinajstić information content (AvgIpc) is 2.12. The van der Waals surface area contributed by atoms with Crippen molar-refractivity contribution >= 4 is 18.7 Å². The molecule has 0 aromatic heterocycles. The molecule has 0 N–H and O–H groups in total. The zero-order valence-electron chi connectivity index (χ0n) is 7.55. The molecule has 0 fully saturated rings. The minimum absolute atomic E-state index is 0.184. The minimum Gasteiger partial charge on any atom is -0.207 e. The van der Waals surface area contributed by atoms with Crippen LogP contribution in [-0.4, -0.2) is 5.75 Å². The molecule has 0 radical (unpaired) electrons. The summed E-state index contributed by atoms with van der Waals surface area (Å²) in [4.78, 5) is 0. The number of thiol groups is 1. The van der Waals surface area contributed by atoms with Gasteiger partial charge in [-0.2, -0.15) is 25.8 Å². The monoisotopic (exact) mass is 236 g/mol. The SMILES string of the molecule is Fc1ccc(C(F)(F)F)c(C=CCS)c1. The summed E-state index contributed by atoms with van der Waals surface area (Å²) in [5, 5.41) is 0. The maximum Gasteiger partial charge on any atom is 0.416 e. The summed E-state index contributed by atoms with van der Waals surface area (Å²) in [6, 6.07) is 2.37. The summed E-state index contributed by atoms with van der Waals surface area (Å²) < 4.78 is 50.0. The van der Waals surface area contributed by atoms with Crippen LogP contribution in [0.15, 0.2) is 24.3 Å². The third-order valence-corrected chi connectivity index (χ3v) is 1.93. The molecule has 0 heterocycles. The number of alkyl halides is 3. The molecule has 0 spiro atoms. The Bertz CT molecular complexity index is 368. The van der Waals surface area contributed by atoms with E-state index in [2.05, 4.69) is 12.6 Å². The van der Waals surface area contributed by atoms with Crippen molar-refractivity contribution in [2.24, 2.45) is 0 Å². The van der Waals surface area contributed by atoms with E-state index in [1.807, 2.05) is 0 Å². The highest BCUT2D eigenvalue weighted by atomic mass is 32.1. The summed E-state index contributed by atoms with van der Waals surface area (Å²) in [6.07, 6.45) is -1.84. The van der Waals surface area contributed by atoms with E-state index in [0.29, 0.717) is 5.75 Å². The van der Waals surface area contributed by atoms with Crippen LogP contribution < -0.4 is 0 Å². The van der Waals surface area contributed by atoms with Crippen LogP contribution in [0.5, 0.6) is 0 Å². The zero-order valence-corrected chi connectivity index (χ0v) is 8.45. The fourth-order valence-electron chi connectivity index (χ4n) is 1.11. The van der Waals surface area contributed by atoms with Gasteiger partial charge in [-0.25, -0.2) is 4.39 Å². The van der Waals surface area contributed by atoms with Crippen molar-refractivity contribution in [3.8, 4) is 0 Å². The van der Waals surface area contributed by atoms with Crippen LogP contribution in [0.4, 0.5) is 17.6 Å². The Morgan fingerprint density at radius 3 is 2.47 bits per heavy atom. The molecule has 5 heteroatoms. The Kier molecular flexibility index (Phi) is 3.79. The van der Waals surface area contributed by atoms with E-state index in [9.17, 15) is 17.6 Å². The third kappa shape index (κ3) is 3.27. The van der Waals surface area contributed by atoms with Crippen LogP contribution >= 0.6 is 12.6 Å². The molecule has 1 aromatic carbocycles. The van der Waals surface area contributed by atoms with Gasteiger partial charge in [-0.15, -0.1) is 0 Å². The summed E-state index contributed by atoms with van der Waals surface area (Å²) >= 11 is 3.82. The number of rotatable bonds is 2. The number of hydrogen-bond donors (Lipinski definition) is 1. The summed E-state index contributed by atoms with van der Waals surface area (Å²) in [5.74, 6) is -0.393. The van der Waals surface area contributed by atoms with Crippen molar-refractivity contribution in [1.82, 2.24) is 0 Å². The van der Waals surface area contributed by atoms with Crippen molar-refractivity contribution in [2.45, 2.75) is 6.18 Å². The van der Waals surface area contributed by atoms with E-state index < -0.39 is 17.6 Å². The molecule has 0 unspecified atom stereocenters. The molecule has 0 saturated heterocycles. The van der Waals surface area contributed by atoms with Gasteiger partial charge in [0.1, 0.15) is 5.82 Å². The third-order valence-electron chi connectivity index (χ3n) is 1.72. The minimum atomic E-state index is -4.47. The fourth-order valence-corrected chi connectivity index (χ4v) is 1.21. The first kappa shape index (κ1) is 12.1. The quantitative estimate of drug-likeness (QED) is 0.586. The number of hydrogen-bond acceptors (Lipinski definition) is 1. The van der Waals surface area contributed by atoms with Crippen molar-refractivity contribution in [3.05, 3.63) is 41.2 Å². The van der Waals surface area contributed by atoms with Gasteiger partial charge in [-0.3, -0.25) is 0 Å². The second kappa shape index (κ2) is 4.70. The van der Waals surface area contributed by atoms with Crippen LogP contribution in [0, 0.1) is 5.82 Å². The summed E-state index contributed by atoms with van der Waals surface area (Å²) in [7, 11) is 0. The van der Waals surface area contributed by atoms with Gasteiger partial charge in [0.05, 0.1) is 5.56 Å². The molecule has 82 valence electrons. The summed E-state index contributed by atoms with van der Waals surface area (Å²) in [5.41, 5.74) is -1.03. The highest BCUT2D eigenvalue weighted by Gasteiger charge is 2.32. The van der Waals surface area contributed by atoms with Crippen molar-refractivity contribution in [2.75, 3.05) is 5.75 Å². The highest BCUT2D eigenvalue weighted by molar-refractivity contribution is 7.80. The number of benzene rings is 1. The Labute approximate surface area is 90.0 Å². The van der Waals surface area contributed by atoms with E-state index >= 15 is 0 Å². The van der Waals surface area contributed by atoms with E-state index in [1.165, 1.54) is 12.2 Å². The van der Waals surface area contributed by atoms with Gasteiger partial charge in [0, 0.05) is 5.75 Å².